The van der Waals surface area contributed by atoms with Gasteiger partial charge in [0.15, 0.2) is 0 Å². The van der Waals surface area contributed by atoms with Gasteiger partial charge in [0, 0.05) is 32.4 Å². The molecule has 1 aromatic carbocycles. The number of aromatic nitrogens is 4. The summed E-state index contributed by atoms with van der Waals surface area (Å²) in [5.74, 6) is 0.161. The maximum Gasteiger partial charge on any atom is 0.229 e. The van der Waals surface area contributed by atoms with Crippen molar-refractivity contribution in [1.29, 1.82) is 0 Å². The van der Waals surface area contributed by atoms with Crippen molar-refractivity contribution in [2.24, 2.45) is 0 Å². The number of amides is 1. The molecular weight excluding hydrogens is 399 g/mol. The van der Waals surface area contributed by atoms with Gasteiger partial charge in [-0.05, 0) is 43.9 Å². The van der Waals surface area contributed by atoms with E-state index in [1.54, 1.807) is 19.2 Å². The van der Waals surface area contributed by atoms with E-state index < -0.39 is 0 Å². The van der Waals surface area contributed by atoms with Gasteiger partial charge in [0.25, 0.3) is 0 Å². The number of nitrogens with zero attached hydrogens (tertiary/aromatic N) is 6. The molecule has 0 bridgehead atoms. The molecule has 1 fully saturated rings. The van der Waals surface area contributed by atoms with Gasteiger partial charge in [0.05, 0.1) is 18.2 Å². The topological polar surface area (TPSA) is 88.2 Å². The number of benzene rings is 1. The Balaban J connectivity index is 1.74. The molecule has 0 aliphatic carbocycles. The number of hydrogen-bond acceptors (Lipinski definition) is 7. The Kier molecular flexibility index (Phi) is 5.92. The van der Waals surface area contributed by atoms with E-state index in [2.05, 4.69) is 15.3 Å². The first-order chi connectivity index (χ1) is 14.9. The Bertz CT molecular complexity index is 1080. The Morgan fingerprint density at radius 2 is 2.13 bits per heavy atom. The van der Waals surface area contributed by atoms with E-state index in [0.717, 1.165) is 30.5 Å². The van der Waals surface area contributed by atoms with Gasteiger partial charge >= 0.3 is 0 Å². The van der Waals surface area contributed by atoms with Gasteiger partial charge in [-0.25, -0.2) is 19.0 Å². The van der Waals surface area contributed by atoms with E-state index in [9.17, 15) is 9.18 Å². The first-order valence-corrected chi connectivity index (χ1v) is 10.3. The molecule has 1 amide bonds. The molecular formula is C22H25FN6O2. The molecule has 31 heavy (non-hydrogen) atoms. The molecule has 4 rings (SSSR count). The van der Waals surface area contributed by atoms with E-state index in [-0.39, 0.29) is 24.2 Å². The summed E-state index contributed by atoms with van der Waals surface area (Å²) in [5, 5.41) is 7.62. The largest absolute Gasteiger partial charge is 0.347 e. The molecule has 0 saturated carbocycles. The molecule has 1 aliphatic rings. The molecule has 8 nitrogen and oxygen atoms in total. The molecule has 3 heterocycles. The van der Waals surface area contributed by atoms with Crippen molar-refractivity contribution >= 4 is 11.9 Å². The number of hydrogen-bond donors (Lipinski definition) is 0. The fraction of sp³-hybridized carbons (Fsp3) is 0.409. The zero-order valence-corrected chi connectivity index (χ0v) is 17.9. The molecule has 0 spiro atoms. The van der Waals surface area contributed by atoms with E-state index in [4.69, 9.17) is 9.61 Å². The van der Waals surface area contributed by atoms with Crippen LogP contribution in [-0.2, 0) is 11.2 Å². The quantitative estimate of drug-likeness (QED) is 0.621. The van der Waals surface area contributed by atoms with Crippen molar-refractivity contribution in [3.05, 3.63) is 53.4 Å². The highest BCUT2D eigenvalue weighted by Crippen LogP contribution is 2.36. The van der Waals surface area contributed by atoms with Crippen LogP contribution in [0.15, 0.2) is 35.1 Å². The Labute approximate surface area is 180 Å². The van der Waals surface area contributed by atoms with Gasteiger partial charge in [0.2, 0.25) is 11.9 Å². The number of carbonyl (C=O) groups is 1. The maximum atomic E-state index is 14.0. The standard InChI is InChI=1S/C22H25FN6O2/c1-14-18(27-31-26-14)12-20(30)29-10-5-4-9-19(29)21-17(13-24-22(25-21)28(2)3)15-7-6-8-16(23)11-15/h6-8,11,13,19H,4-5,9-10,12H2,1-3H3/t19-/m1/s1. The van der Waals surface area contributed by atoms with E-state index in [1.165, 1.54) is 12.1 Å². The second kappa shape index (κ2) is 8.79. The minimum absolute atomic E-state index is 0.0568. The third kappa shape index (κ3) is 4.40. The zero-order chi connectivity index (χ0) is 22.0. The summed E-state index contributed by atoms with van der Waals surface area (Å²) in [7, 11) is 3.73. The van der Waals surface area contributed by atoms with Gasteiger partial charge < -0.3 is 9.80 Å². The second-order valence-electron chi connectivity index (χ2n) is 7.95. The minimum atomic E-state index is -0.328. The van der Waals surface area contributed by atoms with Gasteiger partial charge in [-0.3, -0.25) is 4.79 Å². The second-order valence-corrected chi connectivity index (χ2v) is 7.95. The molecule has 1 atom stereocenters. The number of carbonyl (C=O) groups excluding carboxylic acids is 1. The number of aryl methyl sites for hydroxylation is 1. The summed E-state index contributed by atoms with van der Waals surface area (Å²) in [5.41, 5.74) is 3.30. The summed E-state index contributed by atoms with van der Waals surface area (Å²) < 4.78 is 18.7. The van der Waals surface area contributed by atoms with E-state index >= 15 is 0 Å². The molecule has 1 aliphatic heterocycles. The number of anilines is 1. The van der Waals surface area contributed by atoms with E-state index in [0.29, 0.717) is 29.4 Å². The molecule has 162 valence electrons. The molecule has 9 heteroatoms. The Morgan fingerprint density at radius 1 is 1.29 bits per heavy atom. The van der Waals surface area contributed by atoms with Gasteiger partial charge in [-0.15, -0.1) is 0 Å². The summed E-state index contributed by atoms with van der Waals surface area (Å²) in [6, 6.07) is 6.14. The highest BCUT2D eigenvalue weighted by atomic mass is 19.1. The van der Waals surface area contributed by atoms with Crippen molar-refractivity contribution in [2.45, 2.75) is 38.6 Å². The van der Waals surface area contributed by atoms with Crippen LogP contribution >= 0.6 is 0 Å². The summed E-state index contributed by atoms with van der Waals surface area (Å²) in [4.78, 5) is 26.1. The first-order valence-electron chi connectivity index (χ1n) is 10.3. The van der Waals surface area contributed by atoms with Crippen LogP contribution < -0.4 is 4.90 Å². The fourth-order valence-corrected chi connectivity index (χ4v) is 3.90. The predicted molar refractivity (Wildman–Crippen MR) is 113 cm³/mol. The van der Waals surface area contributed by atoms with Gasteiger partial charge in [0.1, 0.15) is 17.2 Å². The van der Waals surface area contributed by atoms with Crippen LogP contribution in [0.25, 0.3) is 11.1 Å². The van der Waals surface area contributed by atoms with Crippen molar-refractivity contribution < 1.29 is 13.8 Å². The van der Waals surface area contributed by atoms with Gasteiger partial charge in [-0.1, -0.05) is 22.4 Å². The van der Waals surface area contributed by atoms with Crippen LogP contribution in [0, 0.1) is 12.7 Å². The van der Waals surface area contributed by atoms with Crippen LogP contribution in [0.3, 0.4) is 0 Å². The summed E-state index contributed by atoms with van der Waals surface area (Å²) >= 11 is 0. The van der Waals surface area contributed by atoms with Crippen molar-refractivity contribution in [3.8, 4) is 11.1 Å². The molecule has 0 N–H and O–H groups in total. The Hall–Kier alpha value is -3.36. The van der Waals surface area contributed by atoms with Gasteiger partial charge in [-0.2, -0.15) is 0 Å². The number of piperidine rings is 1. The van der Waals surface area contributed by atoms with E-state index in [1.807, 2.05) is 30.0 Å². The predicted octanol–water partition coefficient (Wildman–Crippen LogP) is 3.34. The average Bonchev–Trinajstić information content (AvgIpc) is 3.17. The van der Waals surface area contributed by atoms with Crippen LogP contribution in [0.4, 0.5) is 10.3 Å². The third-order valence-electron chi connectivity index (χ3n) is 5.55. The van der Waals surface area contributed by atoms with Crippen LogP contribution in [0.5, 0.6) is 0 Å². The van der Waals surface area contributed by atoms with Crippen molar-refractivity contribution in [1.82, 2.24) is 25.2 Å². The summed E-state index contributed by atoms with van der Waals surface area (Å²) in [6.45, 7) is 2.39. The smallest absolute Gasteiger partial charge is 0.229 e. The maximum absolute atomic E-state index is 14.0. The Morgan fingerprint density at radius 3 is 2.84 bits per heavy atom. The SMILES string of the molecule is Cc1nonc1CC(=O)N1CCCC[C@@H]1c1nc(N(C)C)ncc1-c1cccc(F)c1. The lowest BCUT2D eigenvalue weighted by Gasteiger charge is -2.36. The lowest BCUT2D eigenvalue weighted by Crippen LogP contribution is -2.40. The lowest BCUT2D eigenvalue weighted by molar-refractivity contribution is -0.134. The summed E-state index contributed by atoms with van der Waals surface area (Å²) in [6.07, 6.45) is 4.50. The molecule has 2 aromatic heterocycles. The highest BCUT2D eigenvalue weighted by molar-refractivity contribution is 5.79. The highest BCUT2D eigenvalue weighted by Gasteiger charge is 2.32. The molecule has 1 saturated heterocycles. The van der Waals surface area contributed by atoms with Crippen LogP contribution in [-0.4, -0.2) is 51.7 Å². The zero-order valence-electron chi connectivity index (χ0n) is 17.9. The number of rotatable bonds is 5. The van der Waals surface area contributed by atoms with Crippen molar-refractivity contribution in [2.75, 3.05) is 25.5 Å². The van der Waals surface area contributed by atoms with Crippen LogP contribution in [0.1, 0.15) is 42.4 Å². The first kappa shape index (κ1) is 20.9. The molecule has 0 radical (unpaired) electrons. The number of likely N-dealkylation sites (tertiary alicyclic amines) is 1. The lowest BCUT2D eigenvalue weighted by atomic mass is 9.93. The normalized spacial score (nSPS) is 16.4. The third-order valence-corrected chi connectivity index (χ3v) is 5.55. The fourth-order valence-electron chi connectivity index (χ4n) is 3.90. The average molecular weight is 424 g/mol. The monoisotopic (exact) mass is 424 g/mol. The van der Waals surface area contributed by atoms with Crippen LogP contribution in [0.2, 0.25) is 0 Å². The number of halogens is 1. The molecule has 0 unspecified atom stereocenters. The molecule has 3 aromatic rings. The van der Waals surface area contributed by atoms with Crippen molar-refractivity contribution in [3.63, 3.8) is 0 Å². The minimum Gasteiger partial charge on any atom is -0.347 e.